The molecular weight excluding hydrogens is 256 g/mol. The lowest BCUT2D eigenvalue weighted by Crippen LogP contribution is -2.29. The molecule has 0 aromatic carbocycles. The van der Waals surface area contributed by atoms with Crippen molar-refractivity contribution in [2.24, 2.45) is 0 Å². The molecule has 1 aliphatic rings. The topological polar surface area (TPSA) is 91.5 Å². The summed E-state index contributed by atoms with van der Waals surface area (Å²) < 4.78 is 5.12. The van der Waals surface area contributed by atoms with E-state index in [0.717, 1.165) is 35.7 Å². The van der Waals surface area contributed by atoms with Crippen molar-refractivity contribution in [3.63, 3.8) is 0 Å². The van der Waals surface area contributed by atoms with Gasteiger partial charge in [-0.15, -0.1) is 0 Å². The van der Waals surface area contributed by atoms with Crippen LogP contribution in [0.2, 0.25) is 0 Å². The van der Waals surface area contributed by atoms with Gasteiger partial charge in [0.1, 0.15) is 5.82 Å². The highest BCUT2D eigenvalue weighted by Gasteiger charge is 2.24. The molecule has 0 saturated heterocycles. The number of nitrogens with zero attached hydrogens (tertiary/aromatic N) is 3. The van der Waals surface area contributed by atoms with E-state index in [0.29, 0.717) is 11.5 Å². The van der Waals surface area contributed by atoms with Crippen LogP contribution in [-0.4, -0.2) is 32.0 Å². The Balaban J connectivity index is 1.69. The summed E-state index contributed by atoms with van der Waals surface area (Å²) in [5, 5.41) is 3.44. The van der Waals surface area contributed by atoms with Crippen LogP contribution in [0.4, 0.5) is 0 Å². The van der Waals surface area contributed by atoms with Crippen LogP contribution in [0.15, 0.2) is 18.5 Å². The van der Waals surface area contributed by atoms with Gasteiger partial charge in [0, 0.05) is 19.0 Å². The molecule has 1 aliphatic heterocycles. The Bertz CT molecular complexity index is 761. The summed E-state index contributed by atoms with van der Waals surface area (Å²) in [6.45, 7) is 0.772. The van der Waals surface area contributed by atoms with Crippen molar-refractivity contribution in [2.45, 2.75) is 19.0 Å². The minimum atomic E-state index is 0.131. The summed E-state index contributed by atoms with van der Waals surface area (Å²) in [7, 11) is 1.60. The first-order valence-electron chi connectivity index (χ1n) is 6.48. The molecule has 0 aliphatic carbocycles. The molecule has 0 saturated carbocycles. The first-order valence-corrected chi connectivity index (χ1v) is 6.48. The van der Waals surface area contributed by atoms with Crippen LogP contribution in [0.3, 0.4) is 0 Å². The summed E-state index contributed by atoms with van der Waals surface area (Å²) >= 11 is 0. The SMILES string of the molecule is COc1ccc2[nH]c(C3Cc4nc[nH]c4CN3)nc2n1. The van der Waals surface area contributed by atoms with Gasteiger partial charge in [-0.05, 0) is 6.07 Å². The lowest BCUT2D eigenvalue weighted by Gasteiger charge is -2.20. The van der Waals surface area contributed by atoms with E-state index in [-0.39, 0.29) is 6.04 Å². The fraction of sp³-hybridized carbons (Fsp3) is 0.308. The zero-order valence-electron chi connectivity index (χ0n) is 11.0. The molecule has 0 amide bonds. The lowest BCUT2D eigenvalue weighted by atomic mass is 10.1. The molecule has 20 heavy (non-hydrogen) atoms. The molecule has 7 heteroatoms. The van der Waals surface area contributed by atoms with Crippen LogP contribution in [0, 0.1) is 0 Å². The van der Waals surface area contributed by atoms with Crippen LogP contribution in [0.25, 0.3) is 11.2 Å². The van der Waals surface area contributed by atoms with Gasteiger partial charge in [-0.2, -0.15) is 4.98 Å². The van der Waals surface area contributed by atoms with Gasteiger partial charge in [-0.1, -0.05) is 0 Å². The minimum absolute atomic E-state index is 0.131. The Morgan fingerprint density at radius 2 is 2.25 bits per heavy atom. The fourth-order valence-corrected chi connectivity index (χ4v) is 2.53. The van der Waals surface area contributed by atoms with E-state index in [9.17, 15) is 0 Å². The largest absolute Gasteiger partial charge is 0.481 e. The molecule has 102 valence electrons. The fourth-order valence-electron chi connectivity index (χ4n) is 2.53. The number of methoxy groups -OCH3 is 1. The highest BCUT2D eigenvalue weighted by atomic mass is 16.5. The van der Waals surface area contributed by atoms with Gasteiger partial charge in [0.05, 0.1) is 36.4 Å². The third-order valence-corrected chi connectivity index (χ3v) is 3.61. The predicted octanol–water partition coefficient (Wildman–Crippen LogP) is 1.08. The van der Waals surface area contributed by atoms with Crippen LogP contribution in [0.1, 0.15) is 23.3 Å². The second-order valence-electron chi connectivity index (χ2n) is 4.81. The molecule has 3 aromatic heterocycles. The first kappa shape index (κ1) is 11.4. The van der Waals surface area contributed by atoms with E-state index in [1.807, 2.05) is 12.1 Å². The van der Waals surface area contributed by atoms with Crippen molar-refractivity contribution in [2.75, 3.05) is 7.11 Å². The van der Waals surface area contributed by atoms with Gasteiger partial charge < -0.3 is 20.0 Å². The van der Waals surface area contributed by atoms with Crippen molar-refractivity contribution >= 4 is 11.2 Å². The number of imidazole rings is 2. The number of hydrogen-bond acceptors (Lipinski definition) is 5. The van der Waals surface area contributed by atoms with Gasteiger partial charge >= 0.3 is 0 Å². The normalized spacial score (nSPS) is 18.1. The highest BCUT2D eigenvalue weighted by molar-refractivity contribution is 5.71. The molecule has 0 bridgehead atoms. The molecule has 0 spiro atoms. The van der Waals surface area contributed by atoms with E-state index in [2.05, 4.69) is 30.2 Å². The van der Waals surface area contributed by atoms with E-state index in [4.69, 9.17) is 4.74 Å². The number of nitrogens with one attached hydrogen (secondary N) is 3. The van der Waals surface area contributed by atoms with E-state index < -0.39 is 0 Å². The van der Waals surface area contributed by atoms with Gasteiger partial charge in [0.2, 0.25) is 5.88 Å². The van der Waals surface area contributed by atoms with E-state index >= 15 is 0 Å². The first-order chi connectivity index (χ1) is 9.83. The summed E-state index contributed by atoms with van der Waals surface area (Å²) in [5.41, 5.74) is 3.83. The van der Waals surface area contributed by atoms with Crippen molar-refractivity contribution in [1.29, 1.82) is 0 Å². The van der Waals surface area contributed by atoms with Crippen molar-refractivity contribution < 1.29 is 4.74 Å². The molecule has 7 nitrogen and oxygen atoms in total. The Hall–Kier alpha value is -2.41. The van der Waals surface area contributed by atoms with Crippen molar-refractivity contribution in [1.82, 2.24) is 30.2 Å². The molecule has 1 atom stereocenters. The molecule has 3 N–H and O–H groups in total. The van der Waals surface area contributed by atoms with Crippen molar-refractivity contribution in [3.8, 4) is 5.88 Å². The number of fused-ring (bicyclic) bond motifs is 2. The average molecular weight is 270 g/mol. The number of aromatic amines is 2. The quantitative estimate of drug-likeness (QED) is 0.648. The standard InChI is InChI=1S/C13H14N6O/c1-20-11-3-2-7-12(18-11)19-13(17-7)9-4-8-10(5-14-9)16-6-15-8/h2-3,6,9,14H,4-5H2,1H3,(H,15,16)(H,17,18,19). The average Bonchev–Trinajstić information content (AvgIpc) is 3.11. The van der Waals surface area contributed by atoms with Crippen LogP contribution in [0.5, 0.6) is 5.88 Å². The van der Waals surface area contributed by atoms with Gasteiger partial charge in [0.15, 0.2) is 5.65 Å². The van der Waals surface area contributed by atoms with E-state index in [1.54, 1.807) is 13.4 Å². The maximum absolute atomic E-state index is 5.12. The maximum atomic E-state index is 5.12. The maximum Gasteiger partial charge on any atom is 0.215 e. The Kier molecular flexibility index (Phi) is 2.46. The molecule has 0 radical (unpaired) electrons. The molecule has 4 rings (SSSR count). The van der Waals surface area contributed by atoms with Gasteiger partial charge in [-0.25, -0.2) is 9.97 Å². The zero-order valence-corrected chi connectivity index (χ0v) is 11.0. The number of hydrogen-bond donors (Lipinski definition) is 3. The Morgan fingerprint density at radius 3 is 3.15 bits per heavy atom. The number of H-pyrrole nitrogens is 2. The summed E-state index contributed by atoms with van der Waals surface area (Å²) in [4.78, 5) is 19.7. The number of pyridine rings is 1. The molecular formula is C13H14N6O. The highest BCUT2D eigenvalue weighted by Crippen LogP contribution is 2.24. The predicted molar refractivity (Wildman–Crippen MR) is 72.3 cm³/mol. The lowest BCUT2D eigenvalue weighted by molar-refractivity contribution is 0.399. The third kappa shape index (κ3) is 1.75. The molecule has 0 fully saturated rings. The third-order valence-electron chi connectivity index (χ3n) is 3.61. The van der Waals surface area contributed by atoms with Crippen LogP contribution in [-0.2, 0) is 13.0 Å². The number of rotatable bonds is 2. The molecule has 4 heterocycles. The summed E-state index contributed by atoms with van der Waals surface area (Å²) in [5.74, 6) is 1.45. The van der Waals surface area contributed by atoms with Crippen LogP contribution < -0.4 is 10.1 Å². The van der Waals surface area contributed by atoms with Crippen LogP contribution >= 0.6 is 0 Å². The number of ether oxygens (including phenoxy) is 1. The molecule has 1 unspecified atom stereocenters. The smallest absolute Gasteiger partial charge is 0.215 e. The monoisotopic (exact) mass is 270 g/mol. The summed E-state index contributed by atoms with van der Waals surface area (Å²) in [6, 6.07) is 3.89. The number of aromatic nitrogens is 5. The van der Waals surface area contributed by atoms with Gasteiger partial charge in [-0.3, -0.25) is 0 Å². The zero-order chi connectivity index (χ0) is 13.5. The second-order valence-corrected chi connectivity index (χ2v) is 4.81. The van der Waals surface area contributed by atoms with Gasteiger partial charge in [0.25, 0.3) is 0 Å². The molecule has 3 aromatic rings. The van der Waals surface area contributed by atoms with Crippen molar-refractivity contribution in [3.05, 3.63) is 35.7 Å². The Labute approximate surface area is 114 Å². The second kappa shape index (κ2) is 4.31. The van der Waals surface area contributed by atoms with E-state index in [1.165, 1.54) is 0 Å². The minimum Gasteiger partial charge on any atom is -0.481 e. The Morgan fingerprint density at radius 1 is 1.30 bits per heavy atom. The summed E-state index contributed by atoms with van der Waals surface area (Å²) in [6.07, 6.45) is 2.55.